The summed E-state index contributed by atoms with van der Waals surface area (Å²) in [6.07, 6.45) is 1.59. The van der Waals surface area contributed by atoms with Crippen molar-refractivity contribution in [1.29, 1.82) is 0 Å². The monoisotopic (exact) mass is 194 g/mol. The Morgan fingerprint density at radius 2 is 2.07 bits per heavy atom. The second-order valence-corrected chi connectivity index (χ2v) is 3.58. The lowest BCUT2D eigenvalue weighted by atomic mass is 9.81. The van der Waals surface area contributed by atoms with Gasteiger partial charge < -0.3 is 9.53 Å². The summed E-state index contributed by atoms with van der Waals surface area (Å²) in [7, 11) is 0. The summed E-state index contributed by atoms with van der Waals surface area (Å²) in [5, 5.41) is 0. The molecule has 1 fully saturated rings. The third kappa shape index (κ3) is 1.44. The van der Waals surface area contributed by atoms with Gasteiger partial charge >= 0.3 is 0 Å². The molecule has 0 radical (unpaired) electrons. The second-order valence-electron chi connectivity index (χ2n) is 3.58. The molecule has 0 aromatic heterocycles. The Hall–Kier alpha value is -1.22. The highest BCUT2D eigenvalue weighted by molar-refractivity contribution is 5.69. The molecule has 0 aliphatic carbocycles. The summed E-state index contributed by atoms with van der Waals surface area (Å²) >= 11 is 0. The quantitative estimate of drug-likeness (QED) is 0.669. The van der Waals surface area contributed by atoms with Gasteiger partial charge in [-0.1, -0.05) is 12.1 Å². The van der Waals surface area contributed by atoms with Gasteiger partial charge in [0.25, 0.3) is 0 Å². The molecule has 0 amide bonds. The van der Waals surface area contributed by atoms with Crippen LogP contribution in [0, 0.1) is 5.82 Å². The number of aldehydes is 1. The van der Waals surface area contributed by atoms with E-state index in [4.69, 9.17) is 4.74 Å². The highest BCUT2D eigenvalue weighted by atomic mass is 19.1. The van der Waals surface area contributed by atoms with Crippen LogP contribution in [0.5, 0.6) is 0 Å². The molecular weight excluding hydrogens is 183 g/mol. The molecule has 0 saturated carbocycles. The fraction of sp³-hybridized carbons (Fsp3) is 0.364. The van der Waals surface area contributed by atoms with E-state index in [1.807, 2.05) is 0 Å². The first-order valence-electron chi connectivity index (χ1n) is 4.57. The highest BCUT2D eigenvalue weighted by Gasteiger charge is 2.36. The number of carbonyl (C=O) groups excluding carboxylic acids is 1. The van der Waals surface area contributed by atoms with Gasteiger partial charge in [-0.05, 0) is 24.1 Å². The maximum atomic E-state index is 12.7. The molecule has 0 bridgehead atoms. The molecule has 1 aromatic rings. The standard InChI is InChI=1S/C11H11FO2/c12-10-3-1-9(2-4-10)11(7-13)5-6-14-8-11/h1-4,7H,5-6,8H2/t11-/m1/s1. The van der Waals surface area contributed by atoms with Crippen LogP contribution in [0.15, 0.2) is 24.3 Å². The summed E-state index contributed by atoms with van der Waals surface area (Å²) in [6, 6.07) is 6.05. The van der Waals surface area contributed by atoms with Gasteiger partial charge in [-0.2, -0.15) is 0 Å². The summed E-state index contributed by atoms with van der Waals surface area (Å²) in [4.78, 5) is 11.0. The van der Waals surface area contributed by atoms with Gasteiger partial charge in [0.2, 0.25) is 0 Å². The Kier molecular flexibility index (Phi) is 2.33. The molecule has 1 aromatic carbocycles. The second kappa shape index (κ2) is 3.50. The summed E-state index contributed by atoms with van der Waals surface area (Å²) in [5.74, 6) is -0.284. The predicted octanol–water partition coefficient (Wildman–Crippen LogP) is 1.68. The van der Waals surface area contributed by atoms with Crippen molar-refractivity contribution >= 4 is 6.29 Å². The lowest BCUT2D eigenvalue weighted by molar-refractivity contribution is -0.112. The number of carbonyl (C=O) groups is 1. The molecule has 0 N–H and O–H groups in total. The average Bonchev–Trinajstić information content (AvgIpc) is 2.68. The maximum Gasteiger partial charge on any atom is 0.132 e. The molecule has 0 unspecified atom stereocenters. The first-order chi connectivity index (χ1) is 6.77. The first kappa shape index (κ1) is 9.34. The van der Waals surface area contributed by atoms with Crippen molar-refractivity contribution in [2.75, 3.05) is 13.2 Å². The third-order valence-electron chi connectivity index (χ3n) is 2.70. The molecule has 3 heteroatoms. The van der Waals surface area contributed by atoms with Gasteiger partial charge in [0, 0.05) is 6.61 Å². The van der Waals surface area contributed by atoms with Gasteiger partial charge in [0.15, 0.2) is 0 Å². The molecule has 1 heterocycles. The molecule has 1 aliphatic rings. The number of hydrogen-bond acceptors (Lipinski definition) is 2. The Bertz CT molecular complexity index is 326. The smallest absolute Gasteiger partial charge is 0.132 e. The molecule has 74 valence electrons. The van der Waals surface area contributed by atoms with E-state index in [1.54, 1.807) is 12.1 Å². The van der Waals surface area contributed by atoms with Crippen molar-refractivity contribution in [2.45, 2.75) is 11.8 Å². The minimum Gasteiger partial charge on any atom is -0.380 e. The zero-order valence-electron chi connectivity index (χ0n) is 7.70. The summed E-state index contributed by atoms with van der Waals surface area (Å²) in [6.45, 7) is 0.998. The van der Waals surface area contributed by atoms with E-state index in [-0.39, 0.29) is 5.82 Å². The maximum absolute atomic E-state index is 12.7. The zero-order chi connectivity index (χ0) is 10.0. The van der Waals surface area contributed by atoms with Crippen LogP contribution < -0.4 is 0 Å². The lowest BCUT2D eigenvalue weighted by Crippen LogP contribution is -2.28. The Morgan fingerprint density at radius 3 is 2.57 bits per heavy atom. The van der Waals surface area contributed by atoms with Crippen molar-refractivity contribution < 1.29 is 13.9 Å². The van der Waals surface area contributed by atoms with E-state index >= 15 is 0 Å². The van der Waals surface area contributed by atoms with Crippen molar-refractivity contribution in [3.05, 3.63) is 35.6 Å². The van der Waals surface area contributed by atoms with Crippen LogP contribution in [0.3, 0.4) is 0 Å². The average molecular weight is 194 g/mol. The molecule has 2 rings (SSSR count). The number of rotatable bonds is 2. The number of benzene rings is 1. The topological polar surface area (TPSA) is 26.3 Å². The van der Waals surface area contributed by atoms with Crippen LogP contribution in [0.2, 0.25) is 0 Å². The van der Waals surface area contributed by atoms with E-state index in [9.17, 15) is 9.18 Å². The normalized spacial score (nSPS) is 26.4. The minimum atomic E-state index is -0.548. The fourth-order valence-corrected chi connectivity index (χ4v) is 1.75. The number of ether oxygens (including phenoxy) is 1. The van der Waals surface area contributed by atoms with Crippen LogP contribution in [0.25, 0.3) is 0 Å². The van der Waals surface area contributed by atoms with E-state index < -0.39 is 5.41 Å². The van der Waals surface area contributed by atoms with Crippen molar-refractivity contribution in [3.8, 4) is 0 Å². The lowest BCUT2D eigenvalue weighted by Gasteiger charge is -2.20. The van der Waals surface area contributed by atoms with Gasteiger partial charge in [0.05, 0.1) is 12.0 Å². The highest BCUT2D eigenvalue weighted by Crippen LogP contribution is 2.31. The summed E-state index contributed by atoms with van der Waals surface area (Å²) < 4.78 is 17.9. The zero-order valence-corrected chi connectivity index (χ0v) is 7.70. The van der Waals surface area contributed by atoms with Crippen molar-refractivity contribution in [3.63, 3.8) is 0 Å². The number of halogens is 1. The van der Waals surface area contributed by atoms with Crippen LogP contribution in [0.4, 0.5) is 4.39 Å². The van der Waals surface area contributed by atoms with Crippen LogP contribution in [0.1, 0.15) is 12.0 Å². The van der Waals surface area contributed by atoms with E-state index in [0.717, 1.165) is 11.8 Å². The first-order valence-corrected chi connectivity index (χ1v) is 4.57. The Balaban J connectivity index is 2.36. The molecule has 0 spiro atoms. The van der Waals surface area contributed by atoms with Gasteiger partial charge in [0.1, 0.15) is 12.1 Å². The van der Waals surface area contributed by atoms with Gasteiger partial charge in [-0.15, -0.1) is 0 Å². The number of hydrogen-bond donors (Lipinski definition) is 0. The van der Waals surface area contributed by atoms with Gasteiger partial charge in [-0.3, -0.25) is 0 Å². The molecule has 1 saturated heterocycles. The third-order valence-corrected chi connectivity index (χ3v) is 2.70. The predicted molar refractivity (Wildman–Crippen MR) is 49.6 cm³/mol. The van der Waals surface area contributed by atoms with Crippen molar-refractivity contribution in [2.24, 2.45) is 0 Å². The summed E-state index contributed by atoms with van der Waals surface area (Å²) in [5.41, 5.74) is 0.291. The van der Waals surface area contributed by atoms with Crippen molar-refractivity contribution in [1.82, 2.24) is 0 Å². The Labute approximate surface area is 81.7 Å². The largest absolute Gasteiger partial charge is 0.380 e. The molecule has 2 nitrogen and oxygen atoms in total. The van der Waals surface area contributed by atoms with E-state index in [1.165, 1.54) is 12.1 Å². The minimum absolute atomic E-state index is 0.284. The molecule has 14 heavy (non-hydrogen) atoms. The Morgan fingerprint density at radius 1 is 1.36 bits per heavy atom. The van der Waals surface area contributed by atoms with E-state index in [0.29, 0.717) is 19.6 Å². The van der Waals surface area contributed by atoms with E-state index in [2.05, 4.69) is 0 Å². The SMILES string of the molecule is O=C[C@]1(c2ccc(F)cc2)CCOC1. The van der Waals surface area contributed by atoms with Crippen LogP contribution in [-0.2, 0) is 14.9 Å². The molecular formula is C11H11FO2. The molecule has 1 atom stereocenters. The van der Waals surface area contributed by atoms with Gasteiger partial charge in [-0.25, -0.2) is 4.39 Å². The van der Waals surface area contributed by atoms with Crippen LogP contribution in [-0.4, -0.2) is 19.5 Å². The van der Waals surface area contributed by atoms with Crippen LogP contribution >= 0.6 is 0 Å². The molecule has 1 aliphatic heterocycles. The fourth-order valence-electron chi connectivity index (χ4n) is 1.75.